The van der Waals surface area contributed by atoms with Gasteiger partial charge in [-0.3, -0.25) is 4.79 Å². The molecule has 1 amide bonds. The van der Waals surface area contributed by atoms with Crippen LogP contribution in [-0.2, 0) is 9.53 Å². The first-order valence-electron chi connectivity index (χ1n) is 8.37. The van der Waals surface area contributed by atoms with Crippen molar-refractivity contribution in [3.8, 4) is 11.5 Å². The molecule has 1 atom stereocenters. The lowest BCUT2D eigenvalue weighted by Crippen LogP contribution is -2.38. The number of rotatable bonds is 6. The van der Waals surface area contributed by atoms with E-state index in [4.69, 9.17) is 9.47 Å². The number of hydrogen-bond donors (Lipinski definition) is 2. The van der Waals surface area contributed by atoms with Crippen molar-refractivity contribution in [2.24, 2.45) is 5.92 Å². The number of carbonyl (C=O) groups excluding carboxylic acids is 2. The number of benzene rings is 1. The Kier molecular flexibility index (Phi) is 6.46. The molecule has 6 heteroatoms. The first-order chi connectivity index (χ1) is 11.5. The zero-order valence-electron chi connectivity index (χ0n) is 14.2. The molecule has 1 saturated carbocycles. The lowest BCUT2D eigenvalue weighted by Gasteiger charge is -2.22. The number of amides is 1. The Hall–Kier alpha value is -2.24. The van der Waals surface area contributed by atoms with Crippen LogP contribution >= 0.6 is 0 Å². The van der Waals surface area contributed by atoms with Gasteiger partial charge in [-0.05, 0) is 37.8 Å². The Bertz CT molecular complexity index is 581. The smallest absolute Gasteiger partial charge is 0.342 e. The van der Waals surface area contributed by atoms with Crippen LogP contribution in [0.5, 0.6) is 11.5 Å². The van der Waals surface area contributed by atoms with Crippen molar-refractivity contribution in [3.05, 3.63) is 23.8 Å². The van der Waals surface area contributed by atoms with E-state index in [-0.39, 0.29) is 17.2 Å². The average Bonchev–Trinajstić information content (AvgIpc) is 2.60. The Labute approximate surface area is 142 Å². The minimum absolute atomic E-state index is 0.00253. The first kappa shape index (κ1) is 18.1. The van der Waals surface area contributed by atoms with E-state index in [2.05, 4.69) is 5.32 Å². The molecule has 0 spiro atoms. The number of phenols is 1. The zero-order valence-corrected chi connectivity index (χ0v) is 14.2. The highest BCUT2D eigenvalue weighted by Crippen LogP contribution is 2.25. The molecule has 1 aromatic rings. The van der Waals surface area contributed by atoms with E-state index >= 15 is 0 Å². The van der Waals surface area contributed by atoms with Crippen molar-refractivity contribution in [1.29, 1.82) is 0 Å². The molecule has 1 aromatic carbocycles. The van der Waals surface area contributed by atoms with Crippen LogP contribution in [0.4, 0.5) is 0 Å². The van der Waals surface area contributed by atoms with Gasteiger partial charge in [0.2, 0.25) is 0 Å². The van der Waals surface area contributed by atoms with Gasteiger partial charge in [0.1, 0.15) is 17.1 Å². The highest BCUT2D eigenvalue weighted by atomic mass is 16.5. The highest BCUT2D eigenvalue weighted by Gasteiger charge is 2.22. The summed E-state index contributed by atoms with van der Waals surface area (Å²) in [5.74, 6) is -0.356. The van der Waals surface area contributed by atoms with Crippen molar-refractivity contribution >= 4 is 11.9 Å². The maximum Gasteiger partial charge on any atom is 0.342 e. The van der Waals surface area contributed by atoms with E-state index in [0.717, 1.165) is 12.8 Å². The topological polar surface area (TPSA) is 84.9 Å². The third kappa shape index (κ3) is 4.88. The van der Waals surface area contributed by atoms with E-state index in [9.17, 15) is 14.7 Å². The number of aromatic hydroxyl groups is 1. The highest BCUT2D eigenvalue weighted by molar-refractivity contribution is 5.94. The van der Waals surface area contributed by atoms with E-state index in [1.807, 2.05) is 0 Å². The van der Waals surface area contributed by atoms with E-state index in [0.29, 0.717) is 18.2 Å². The largest absolute Gasteiger partial charge is 0.507 e. The third-order valence-corrected chi connectivity index (χ3v) is 4.37. The van der Waals surface area contributed by atoms with Crippen LogP contribution in [0.15, 0.2) is 18.2 Å². The van der Waals surface area contributed by atoms with E-state index < -0.39 is 12.1 Å². The summed E-state index contributed by atoms with van der Waals surface area (Å²) in [5, 5.41) is 12.7. The van der Waals surface area contributed by atoms with Crippen molar-refractivity contribution in [2.75, 3.05) is 13.7 Å². The van der Waals surface area contributed by atoms with Crippen LogP contribution in [0.25, 0.3) is 0 Å². The van der Waals surface area contributed by atoms with Crippen LogP contribution in [-0.4, -0.2) is 36.7 Å². The standard InChI is InChI=1S/C18H25NO5/c1-12(17(21)19-11-13-6-4-3-5-7-13)24-18(22)15-9-8-14(23-2)10-16(15)20/h8-10,12-13,20H,3-7,11H2,1-2H3,(H,19,21)/t12-/m1/s1. The van der Waals surface area contributed by atoms with Crippen molar-refractivity contribution in [3.63, 3.8) is 0 Å². The fourth-order valence-corrected chi connectivity index (χ4v) is 2.87. The minimum Gasteiger partial charge on any atom is -0.507 e. The molecule has 132 valence electrons. The van der Waals surface area contributed by atoms with Crippen LogP contribution < -0.4 is 10.1 Å². The number of carbonyl (C=O) groups is 2. The Morgan fingerprint density at radius 2 is 2.00 bits per heavy atom. The summed E-state index contributed by atoms with van der Waals surface area (Å²) in [7, 11) is 1.46. The second-order valence-corrected chi connectivity index (χ2v) is 6.18. The van der Waals surface area contributed by atoms with Crippen molar-refractivity contribution < 1.29 is 24.2 Å². The van der Waals surface area contributed by atoms with Gasteiger partial charge >= 0.3 is 5.97 Å². The van der Waals surface area contributed by atoms with Crippen LogP contribution in [0, 0.1) is 5.92 Å². The molecule has 0 bridgehead atoms. The van der Waals surface area contributed by atoms with Crippen LogP contribution in [0.2, 0.25) is 0 Å². The fraction of sp³-hybridized carbons (Fsp3) is 0.556. The van der Waals surface area contributed by atoms with E-state index in [1.165, 1.54) is 45.4 Å². The Morgan fingerprint density at radius 1 is 1.29 bits per heavy atom. The molecule has 0 aliphatic heterocycles. The van der Waals surface area contributed by atoms with Gasteiger partial charge in [0.05, 0.1) is 7.11 Å². The third-order valence-electron chi connectivity index (χ3n) is 4.37. The summed E-state index contributed by atoms with van der Waals surface area (Å²) in [4.78, 5) is 24.1. The maximum atomic E-state index is 12.1. The fourth-order valence-electron chi connectivity index (χ4n) is 2.87. The molecule has 0 radical (unpaired) electrons. The predicted octanol–water partition coefficient (Wildman–Crippen LogP) is 2.64. The summed E-state index contributed by atoms with van der Waals surface area (Å²) in [6.45, 7) is 2.14. The molecule has 1 fully saturated rings. The lowest BCUT2D eigenvalue weighted by atomic mass is 9.89. The SMILES string of the molecule is COc1ccc(C(=O)O[C@H](C)C(=O)NCC2CCCCC2)c(O)c1. The molecule has 0 heterocycles. The molecule has 0 unspecified atom stereocenters. The van der Waals surface area contributed by atoms with Crippen molar-refractivity contribution in [1.82, 2.24) is 5.32 Å². The Balaban J connectivity index is 1.84. The van der Waals surface area contributed by atoms with Gasteiger partial charge in [-0.25, -0.2) is 4.79 Å². The molecule has 2 N–H and O–H groups in total. The average molecular weight is 335 g/mol. The quantitative estimate of drug-likeness (QED) is 0.781. The van der Waals surface area contributed by atoms with Gasteiger partial charge < -0.3 is 19.9 Å². The zero-order chi connectivity index (χ0) is 17.5. The number of phenolic OH excluding ortho intramolecular Hbond substituents is 1. The Morgan fingerprint density at radius 3 is 2.62 bits per heavy atom. The first-order valence-corrected chi connectivity index (χ1v) is 8.37. The molecule has 1 aliphatic rings. The monoisotopic (exact) mass is 335 g/mol. The molecular formula is C18H25NO5. The molecule has 2 rings (SSSR count). The predicted molar refractivity (Wildman–Crippen MR) is 89.1 cm³/mol. The van der Waals surface area contributed by atoms with Gasteiger partial charge in [-0.1, -0.05) is 19.3 Å². The summed E-state index contributed by atoms with van der Waals surface area (Å²) < 4.78 is 10.1. The summed E-state index contributed by atoms with van der Waals surface area (Å²) in [5.41, 5.74) is 0.00253. The second-order valence-electron chi connectivity index (χ2n) is 6.18. The molecular weight excluding hydrogens is 310 g/mol. The lowest BCUT2D eigenvalue weighted by molar-refractivity contribution is -0.129. The normalized spacial score (nSPS) is 16.2. The van der Waals surface area contributed by atoms with Gasteiger partial charge in [0.15, 0.2) is 6.10 Å². The molecule has 1 aliphatic carbocycles. The van der Waals surface area contributed by atoms with Crippen LogP contribution in [0.3, 0.4) is 0 Å². The minimum atomic E-state index is -0.914. The van der Waals surface area contributed by atoms with Gasteiger partial charge in [0, 0.05) is 12.6 Å². The van der Waals surface area contributed by atoms with Gasteiger partial charge in [0.25, 0.3) is 5.91 Å². The van der Waals surface area contributed by atoms with Gasteiger partial charge in [-0.15, -0.1) is 0 Å². The molecule has 6 nitrogen and oxygen atoms in total. The maximum absolute atomic E-state index is 12.1. The van der Waals surface area contributed by atoms with Gasteiger partial charge in [-0.2, -0.15) is 0 Å². The number of methoxy groups -OCH3 is 1. The van der Waals surface area contributed by atoms with Crippen molar-refractivity contribution in [2.45, 2.75) is 45.1 Å². The second kappa shape index (κ2) is 8.57. The van der Waals surface area contributed by atoms with E-state index in [1.54, 1.807) is 6.07 Å². The number of ether oxygens (including phenoxy) is 2. The summed E-state index contributed by atoms with van der Waals surface area (Å²) in [6.07, 6.45) is 5.04. The summed E-state index contributed by atoms with van der Waals surface area (Å²) in [6, 6.07) is 4.28. The molecule has 0 aromatic heterocycles. The summed E-state index contributed by atoms with van der Waals surface area (Å²) >= 11 is 0. The molecule has 24 heavy (non-hydrogen) atoms. The number of esters is 1. The molecule has 0 saturated heterocycles. The van der Waals surface area contributed by atoms with Crippen LogP contribution in [0.1, 0.15) is 49.4 Å². The number of nitrogens with one attached hydrogen (secondary N) is 1. The number of hydrogen-bond acceptors (Lipinski definition) is 5.